The minimum Gasteiger partial charge on any atom is -0.309 e. The van der Waals surface area contributed by atoms with Gasteiger partial charge in [-0.05, 0) is 25.3 Å². The number of hydrogen-bond acceptors (Lipinski definition) is 5. The monoisotopic (exact) mass is 276 g/mol. The third kappa shape index (κ3) is 5.13. The maximum atomic E-state index is 12.1. The van der Waals surface area contributed by atoms with E-state index < -0.39 is 7.60 Å². The van der Waals surface area contributed by atoms with E-state index in [4.69, 9.17) is 9.05 Å². The van der Waals surface area contributed by atoms with E-state index in [1.165, 1.54) is 11.3 Å². The molecule has 6 heteroatoms. The topological polar surface area (TPSA) is 52.6 Å². The van der Waals surface area contributed by atoms with E-state index >= 15 is 0 Å². The van der Waals surface area contributed by atoms with Gasteiger partial charge < -0.3 is 9.05 Å². The third-order valence-corrected chi connectivity index (χ3v) is 4.89. The van der Waals surface area contributed by atoms with Gasteiger partial charge in [-0.3, -0.25) is 9.36 Å². The normalized spacial score (nSPS) is 11.6. The van der Waals surface area contributed by atoms with Crippen molar-refractivity contribution < 1.29 is 18.4 Å². The summed E-state index contributed by atoms with van der Waals surface area (Å²) < 4.78 is 22.2. The van der Waals surface area contributed by atoms with Gasteiger partial charge in [0.15, 0.2) is 0 Å². The van der Waals surface area contributed by atoms with Crippen LogP contribution < -0.4 is 0 Å². The lowest BCUT2D eigenvalue weighted by Crippen LogP contribution is -2.11. The zero-order chi connectivity index (χ0) is 12.7. The predicted molar refractivity (Wildman–Crippen MR) is 68.8 cm³/mol. The summed E-state index contributed by atoms with van der Waals surface area (Å²) in [6.45, 7) is 4.03. The highest BCUT2D eigenvalue weighted by molar-refractivity contribution is 7.54. The number of rotatable bonds is 8. The van der Waals surface area contributed by atoms with Crippen LogP contribution in [-0.4, -0.2) is 25.2 Å². The molecule has 96 valence electrons. The molecule has 0 spiro atoms. The molecule has 0 radical (unpaired) electrons. The van der Waals surface area contributed by atoms with E-state index in [9.17, 15) is 9.36 Å². The highest BCUT2D eigenvalue weighted by Gasteiger charge is 2.27. The molecule has 0 aliphatic rings. The van der Waals surface area contributed by atoms with Crippen molar-refractivity contribution in [3.05, 3.63) is 22.4 Å². The van der Waals surface area contributed by atoms with Crippen molar-refractivity contribution in [3.63, 3.8) is 0 Å². The van der Waals surface area contributed by atoms with Crippen LogP contribution in [0.2, 0.25) is 0 Å². The fourth-order valence-electron chi connectivity index (χ4n) is 1.40. The maximum absolute atomic E-state index is 12.1. The number of hydrogen-bond donors (Lipinski definition) is 0. The number of thiophene rings is 1. The smallest absolute Gasteiger partial charge is 0.309 e. The molecular weight excluding hydrogens is 259 g/mol. The Kier molecular flexibility index (Phi) is 6.06. The zero-order valence-corrected chi connectivity index (χ0v) is 11.8. The van der Waals surface area contributed by atoms with Crippen molar-refractivity contribution >= 4 is 24.7 Å². The standard InChI is InChI=1S/C11H17O4PS/c1-3-14-16(13,15-4-2)9-10(12)8-11-6-5-7-17-11/h5-7H,3-4,8-9H2,1-2H3. The number of carbonyl (C=O) groups is 1. The van der Waals surface area contributed by atoms with Gasteiger partial charge >= 0.3 is 7.60 Å². The van der Waals surface area contributed by atoms with Gasteiger partial charge in [-0.25, -0.2) is 0 Å². The Labute approximate surface area is 105 Å². The van der Waals surface area contributed by atoms with Gasteiger partial charge in [-0.15, -0.1) is 11.3 Å². The molecule has 0 bridgehead atoms. The summed E-state index contributed by atoms with van der Waals surface area (Å²) in [6.07, 6.45) is 0.147. The predicted octanol–water partition coefficient (Wildman–Crippen LogP) is 3.13. The number of Topliss-reactive ketones (excluding diaryl/α,β-unsaturated/α-hetero) is 1. The first-order valence-corrected chi connectivity index (χ1v) is 8.12. The summed E-state index contributed by atoms with van der Waals surface area (Å²) in [5.74, 6) is -0.113. The Morgan fingerprint density at radius 1 is 1.35 bits per heavy atom. The molecule has 0 atom stereocenters. The molecule has 0 unspecified atom stereocenters. The number of carbonyl (C=O) groups excluding carboxylic acids is 1. The Morgan fingerprint density at radius 2 is 2.00 bits per heavy atom. The van der Waals surface area contributed by atoms with Gasteiger partial charge in [0.2, 0.25) is 0 Å². The van der Waals surface area contributed by atoms with Crippen LogP contribution in [0.3, 0.4) is 0 Å². The summed E-state index contributed by atoms with van der Waals surface area (Å²) in [5, 5.41) is 1.91. The Hall–Kier alpha value is -0.480. The van der Waals surface area contributed by atoms with Crippen molar-refractivity contribution in [1.29, 1.82) is 0 Å². The van der Waals surface area contributed by atoms with E-state index in [1.54, 1.807) is 13.8 Å². The highest BCUT2D eigenvalue weighted by Crippen LogP contribution is 2.47. The van der Waals surface area contributed by atoms with Crippen molar-refractivity contribution in [1.82, 2.24) is 0 Å². The van der Waals surface area contributed by atoms with Crippen LogP contribution in [0, 0.1) is 0 Å². The first-order chi connectivity index (χ1) is 8.09. The van der Waals surface area contributed by atoms with E-state index in [0.717, 1.165) is 4.88 Å². The molecule has 0 fully saturated rings. The molecule has 0 saturated carbocycles. The second kappa shape index (κ2) is 7.07. The Balaban J connectivity index is 2.55. The Bertz CT molecular complexity index is 378. The summed E-state index contributed by atoms with van der Waals surface area (Å²) in [4.78, 5) is 12.7. The van der Waals surface area contributed by atoms with Crippen LogP contribution in [0.5, 0.6) is 0 Å². The molecule has 0 aliphatic carbocycles. The van der Waals surface area contributed by atoms with Crippen molar-refractivity contribution in [3.8, 4) is 0 Å². The van der Waals surface area contributed by atoms with Crippen LogP contribution in [0.25, 0.3) is 0 Å². The number of ketones is 1. The molecule has 1 aromatic heterocycles. The lowest BCUT2D eigenvalue weighted by atomic mass is 10.3. The van der Waals surface area contributed by atoms with Gasteiger partial charge in [0.1, 0.15) is 11.9 Å². The Morgan fingerprint density at radius 3 is 2.47 bits per heavy atom. The zero-order valence-electron chi connectivity index (χ0n) is 10.0. The van der Waals surface area contributed by atoms with Crippen molar-refractivity contribution in [2.75, 3.05) is 19.4 Å². The molecule has 1 aromatic rings. The van der Waals surface area contributed by atoms with Crippen LogP contribution in [-0.2, 0) is 24.8 Å². The summed E-state index contributed by atoms with van der Waals surface area (Å²) in [7, 11) is -3.24. The molecule has 0 saturated heterocycles. The van der Waals surface area contributed by atoms with Gasteiger partial charge in [-0.2, -0.15) is 0 Å². The SMILES string of the molecule is CCOP(=O)(CC(=O)Cc1cccs1)OCC. The molecule has 1 heterocycles. The van der Waals surface area contributed by atoms with Crippen LogP contribution in [0.4, 0.5) is 0 Å². The fraction of sp³-hybridized carbons (Fsp3) is 0.545. The molecule has 17 heavy (non-hydrogen) atoms. The van der Waals surface area contributed by atoms with Crippen LogP contribution in [0.15, 0.2) is 17.5 Å². The lowest BCUT2D eigenvalue weighted by Gasteiger charge is -2.15. The van der Waals surface area contributed by atoms with E-state index in [1.807, 2.05) is 17.5 Å². The molecule has 0 N–H and O–H groups in total. The fourth-order valence-corrected chi connectivity index (χ4v) is 3.72. The van der Waals surface area contributed by atoms with E-state index in [0.29, 0.717) is 6.42 Å². The second-order valence-corrected chi connectivity index (χ2v) is 6.49. The highest BCUT2D eigenvalue weighted by atomic mass is 32.1. The van der Waals surface area contributed by atoms with Crippen molar-refractivity contribution in [2.45, 2.75) is 20.3 Å². The molecule has 0 amide bonds. The largest absolute Gasteiger partial charge is 0.338 e. The minimum absolute atomic E-state index is 0.113. The summed E-state index contributed by atoms with van der Waals surface area (Å²) >= 11 is 1.51. The van der Waals surface area contributed by atoms with Gasteiger partial charge in [-0.1, -0.05) is 6.07 Å². The quantitative estimate of drug-likeness (QED) is 0.684. The molecule has 4 nitrogen and oxygen atoms in total. The third-order valence-electron chi connectivity index (χ3n) is 1.97. The van der Waals surface area contributed by atoms with Gasteiger partial charge in [0.05, 0.1) is 13.2 Å². The molecule has 0 aromatic carbocycles. The minimum atomic E-state index is -3.24. The van der Waals surface area contributed by atoms with E-state index in [2.05, 4.69) is 0 Å². The lowest BCUT2D eigenvalue weighted by molar-refractivity contribution is -0.116. The van der Waals surface area contributed by atoms with Crippen LogP contribution >= 0.6 is 18.9 Å². The average molecular weight is 276 g/mol. The van der Waals surface area contributed by atoms with Crippen LogP contribution in [0.1, 0.15) is 18.7 Å². The first kappa shape index (κ1) is 14.6. The first-order valence-electron chi connectivity index (χ1n) is 5.52. The second-order valence-electron chi connectivity index (χ2n) is 3.40. The van der Waals surface area contributed by atoms with Crippen molar-refractivity contribution in [2.24, 2.45) is 0 Å². The summed E-state index contributed by atoms with van der Waals surface area (Å²) in [5.41, 5.74) is 0. The summed E-state index contributed by atoms with van der Waals surface area (Å²) in [6, 6.07) is 3.77. The van der Waals surface area contributed by atoms with Gasteiger partial charge in [0.25, 0.3) is 0 Å². The average Bonchev–Trinajstić information content (AvgIpc) is 2.70. The molecular formula is C11H17O4PS. The maximum Gasteiger partial charge on any atom is 0.338 e. The molecule has 1 rings (SSSR count). The molecule has 0 aliphatic heterocycles. The van der Waals surface area contributed by atoms with E-state index in [-0.39, 0.29) is 25.2 Å². The van der Waals surface area contributed by atoms with Gasteiger partial charge in [0, 0.05) is 11.3 Å².